The number of methoxy groups -OCH3 is 2. The van der Waals surface area contributed by atoms with Gasteiger partial charge in [-0.05, 0) is 38.2 Å². The summed E-state index contributed by atoms with van der Waals surface area (Å²) in [5.74, 6) is -8.07. The molecule has 2 heterocycles. The van der Waals surface area contributed by atoms with Crippen molar-refractivity contribution >= 4 is 23.6 Å². The Balaban J connectivity index is 1.92. The van der Waals surface area contributed by atoms with Gasteiger partial charge in [0.05, 0.1) is 25.4 Å². The zero-order valence-electron chi connectivity index (χ0n) is 35.8. The summed E-state index contributed by atoms with van der Waals surface area (Å²) < 4.78 is 29.5. The zero-order chi connectivity index (χ0) is 43.6. The van der Waals surface area contributed by atoms with E-state index in [1.165, 1.54) is 20.3 Å². The largest absolute Gasteiger partial charge is 0.510 e. The van der Waals surface area contributed by atoms with Crippen LogP contribution in [0, 0.1) is 35.5 Å². The highest BCUT2D eigenvalue weighted by Gasteiger charge is 2.53. The fourth-order valence-corrected chi connectivity index (χ4v) is 7.95. The van der Waals surface area contributed by atoms with E-state index in [1.54, 1.807) is 32.9 Å². The number of allylic oxidation sites excluding steroid dienone is 7. The summed E-state index contributed by atoms with van der Waals surface area (Å²) in [6, 6.07) is 0. The molecule has 1 aliphatic carbocycles. The molecule has 1 fully saturated rings. The Bertz CT molecular complexity index is 1670. The van der Waals surface area contributed by atoms with E-state index in [2.05, 4.69) is 5.32 Å². The summed E-state index contributed by atoms with van der Waals surface area (Å²) in [6.45, 7) is 16.5. The predicted molar refractivity (Wildman–Crippen MR) is 215 cm³/mol. The Labute approximate surface area is 342 Å². The maximum absolute atomic E-state index is 13.7. The number of cyclic esters (lactones) is 1. The number of ketones is 1. The van der Waals surface area contributed by atoms with Crippen molar-refractivity contribution in [2.24, 2.45) is 35.5 Å². The first kappa shape index (κ1) is 48.3. The lowest BCUT2D eigenvalue weighted by molar-refractivity contribution is -0.329. The van der Waals surface area contributed by atoms with E-state index in [9.17, 15) is 39.6 Å². The van der Waals surface area contributed by atoms with Crippen LogP contribution in [-0.2, 0) is 42.9 Å². The van der Waals surface area contributed by atoms with Gasteiger partial charge in [-0.25, -0.2) is 9.59 Å². The number of hydrogen-bond donors (Lipinski definition) is 5. The summed E-state index contributed by atoms with van der Waals surface area (Å²) in [6.07, 6.45) is 5.61. The van der Waals surface area contributed by atoms with Gasteiger partial charge in [0.25, 0.3) is 0 Å². The van der Waals surface area contributed by atoms with Gasteiger partial charge in [-0.15, -0.1) is 0 Å². The molecule has 5 N–H and O–H groups in total. The fraction of sp³-hybridized carbons (Fsp3) is 0.636. The number of nitrogens with one attached hydrogen (secondary N) is 1. The van der Waals surface area contributed by atoms with Crippen molar-refractivity contribution in [3.8, 4) is 0 Å². The first-order chi connectivity index (χ1) is 27.1. The first-order valence-corrected chi connectivity index (χ1v) is 20.1. The van der Waals surface area contributed by atoms with Crippen molar-refractivity contribution in [1.82, 2.24) is 5.32 Å². The van der Waals surface area contributed by atoms with Gasteiger partial charge >= 0.3 is 11.9 Å². The van der Waals surface area contributed by atoms with Crippen LogP contribution in [0.4, 0.5) is 0 Å². The average molecular weight is 816 g/mol. The molecule has 0 bridgehead atoms. The standard InChI is InChI=1S/C44H65NO13/c1-23(2)41-28(7)35(56-37(49)18-17-36(48)45-38-31(46)15-16-32(38)47)22-44(53,58-41)30(9)40(51)29(8)42-33(54-10)14-12-13-24(3)19-26(5)39(50)27(6)20-25(4)21-34(55-11)43(52)57-42/h12-14,17-18,20-21,23,26-30,33,35,39-42,46,50-51,53H,15-16,19,22H2,1-11H3,(H,45,48)/b14-12?,18-17+,24-13-,25-20+,34-21+/t26-,27+,28-,29-,30-,33-,35+,39-,40+,41+,42+,44+/m0/s1. The van der Waals surface area contributed by atoms with Gasteiger partial charge < -0.3 is 49.4 Å². The van der Waals surface area contributed by atoms with Crippen LogP contribution in [0.15, 0.2) is 70.9 Å². The molecule has 0 spiro atoms. The monoisotopic (exact) mass is 815 g/mol. The molecule has 0 aromatic heterocycles. The fourth-order valence-electron chi connectivity index (χ4n) is 7.95. The number of esters is 2. The van der Waals surface area contributed by atoms with Crippen molar-refractivity contribution < 1.29 is 63.3 Å². The molecule has 3 aliphatic rings. The van der Waals surface area contributed by atoms with E-state index in [0.717, 1.165) is 17.7 Å². The second-order valence-electron chi connectivity index (χ2n) is 16.5. The zero-order valence-corrected chi connectivity index (χ0v) is 35.8. The number of rotatable bonds is 11. The maximum Gasteiger partial charge on any atom is 0.373 e. The normalized spacial score (nSPS) is 34.9. The highest BCUT2D eigenvalue weighted by molar-refractivity contribution is 6.04. The number of carbonyl (C=O) groups excluding carboxylic acids is 4. The van der Waals surface area contributed by atoms with Crippen molar-refractivity contribution in [3.63, 3.8) is 0 Å². The van der Waals surface area contributed by atoms with Crippen molar-refractivity contribution in [2.75, 3.05) is 14.2 Å². The molecule has 14 nitrogen and oxygen atoms in total. The minimum absolute atomic E-state index is 0.0594. The summed E-state index contributed by atoms with van der Waals surface area (Å²) in [5.41, 5.74) is 1.48. The highest BCUT2D eigenvalue weighted by Crippen LogP contribution is 2.42. The lowest BCUT2D eigenvalue weighted by Gasteiger charge is -2.50. The van der Waals surface area contributed by atoms with Crippen LogP contribution in [0.3, 0.4) is 0 Å². The quantitative estimate of drug-likeness (QED) is 0.137. The number of amides is 1. The second-order valence-corrected chi connectivity index (χ2v) is 16.5. The molecule has 58 heavy (non-hydrogen) atoms. The molecule has 0 aromatic carbocycles. The summed E-state index contributed by atoms with van der Waals surface area (Å²) in [5, 5.41) is 47.4. The SMILES string of the molecule is CO/C1=C/C(C)=C/[C@@H](C)[C@@H](O)[C@@H](C)C/C(C)=C\C=C[C@H](OC)[C@@H]([C@@H](C)[C@@H](O)[C@H](C)[C@@]2(O)C[C@@H](OC(=O)/C=C/C(=O)NC3=C(O)CCC3=O)[C@H](C)[C@@H](C(C)C)O2)OC1=O. The Morgan fingerprint density at radius 1 is 1.03 bits per heavy atom. The van der Waals surface area contributed by atoms with Gasteiger partial charge in [-0.2, -0.15) is 0 Å². The number of hydrogen-bond acceptors (Lipinski definition) is 13. The average Bonchev–Trinajstić information content (AvgIpc) is 3.48. The molecule has 324 valence electrons. The molecule has 2 aliphatic heterocycles. The topological polar surface area (TPSA) is 207 Å². The van der Waals surface area contributed by atoms with E-state index in [4.69, 9.17) is 23.7 Å². The molecule has 0 radical (unpaired) electrons. The molecule has 14 heteroatoms. The molecule has 1 amide bonds. The maximum atomic E-state index is 13.7. The van der Waals surface area contributed by atoms with Crippen LogP contribution in [-0.4, -0.2) is 101 Å². The summed E-state index contributed by atoms with van der Waals surface area (Å²) in [7, 11) is 2.79. The predicted octanol–water partition coefficient (Wildman–Crippen LogP) is 5.05. The van der Waals surface area contributed by atoms with E-state index in [0.29, 0.717) is 12.0 Å². The van der Waals surface area contributed by atoms with Crippen molar-refractivity contribution in [2.45, 2.75) is 130 Å². The Morgan fingerprint density at radius 3 is 2.29 bits per heavy atom. The van der Waals surface area contributed by atoms with Crippen molar-refractivity contribution in [1.29, 1.82) is 0 Å². The van der Waals surface area contributed by atoms with Crippen LogP contribution in [0.2, 0.25) is 0 Å². The number of aliphatic hydroxyl groups is 4. The lowest BCUT2D eigenvalue weighted by atomic mass is 9.76. The number of ether oxygens (including phenoxy) is 5. The van der Waals surface area contributed by atoms with Crippen LogP contribution >= 0.6 is 0 Å². The number of aliphatic hydroxyl groups excluding tert-OH is 3. The van der Waals surface area contributed by atoms with E-state index in [1.807, 2.05) is 53.7 Å². The minimum Gasteiger partial charge on any atom is -0.510 e. The number of carbonyl (C=O) groups is 4. The Hall–Kier alpha value is -4.08. The van der Waals surface area contributed by atoms with Gasteiger partial charge in [-0.1, -0.05) is 83.9 Å². The van der Waals surface area contributed by atoms with Gasteiger partial charge in [0.1, 0.15) is 29.8 Å². The molecule has 0 saturated carbocycles. The van der Waals surface area contributed by atoms with Gasteiger partial charge in [-0.3, -0.25) is 9.59 Å². The highest BCUT2D eigenvalue weighted by atomic mass is 16.6. The molecular weight excluding hydrogens is 750 g/mol. The summed E-state index contributed by atoms with van der Waals surface area (Å²) >= 11 is 0. The van der Waals surface area contributed by atoms with Crippen LogP contribution in [0.5, 0.6) is 0 Å². The van der Waals surface area contributed by atoms with Gasteiger partial charge in [0.15, 0.2) is 11.6 Å². The molecule has 0 unspecified atom stereocenters. The molecule has 0 aromatic rings. The van der Waals surface area contributed by atoms with Crippen LogP contribution in [0.25, 0.3) is 0 Å². The van der Waals surface area contributed by atoms with Gasteiger partial charge in [0, 0.05) is 62.2 Å². The Kier molecular flexibility index (Phi) is 17.7. The van der Waals surface area contributed by atoms with Crippen LogP contribution < -0.4 is 5.32 Å². The third-order valence-electron chi connectivity index (χ3n) is 11.5. The molecule has 1 saturated heterocycles. The van der Waals surface area contributed by atoms with Crippen LogP contribution in [0.1, 0.15) is 88.0 Å². The molecule has 12 atom stereocenters. The third kappa shape index (κ3) is 12.5. The van der Waals surface area contributed by atoms with E-state index in [-0.39, 0.29) is 54.2 Å². The molecule has 3 rings (SSSR count). The smallest absolute Gasteiger partial charge is 0.373 e. The minimum atomic E-state index is -2.04. The third-order valence-corrected chi connectivity index (χ3v) is 11.5. The van der Waals surface area contributed by atoms with Crippen molar-refractivity contribution in [3.05, 3.63) is 70.9 Å². The number of Topliss-reactive ketones (excluding diaryl/α,β-unsaturated/α-hetero) is 1. The van der Waals surface area contributed by atoms with E-state index >= 15 is 0 Å². The summed E-state index contributed by atoms with van der Waals surface area (Å²) in [4.78, 5) is 51.1. The molecular formula is C44H65NO13. The first-order valence-electron chi connectivity index (χ1n) is 20.1. The van der Waals surface area contributed by atoms with Gasteiger partial charge in [0.2, 0.25) is 11.7 Å². The second kappa shape index (κ2) is 21.3. The Morgan fingerprint density at radius 2 is 1.71 bits per heavy atom. The van der Waals surface area contributed by atoms with E-state index < -0.39 is 83.8 Å². The lowest BCUT2D eigenvalue weighted by Crippen LogP contribution is -2.59.